The van der Waals surface area contributed by atoms with Gasteiger partial charge in [0.2, 0.25) is 0 Å². The number of nitro groups is 2. The molecule has 0 unspecified atom stereocenters. The Kier molecular flexibility index (Phi) is 26.8. The third-order valence-electron chi connectivity index (χ3n) is 16.8. The third-order valence-corrected chi connectivity index (χ3v) is 16.8. The Balaban J connectivity index is 1.29. The van der Waals surface area contributed by atoms with E-state index in [1.165, 1.54) is 20.8 Å². The molecule has 0 bridgehead atoms. The van der Waals surface area contributed by atoms with Crippen molar-refractivity contribution in [1.29, 1.82) is 0 Å². The van der Waals surface area contributed by atoms with E-state index in [2.05, 4.69) is 0 Å². The summed E-state index contributed by atoms with van der Waals surface area (Å²) in [5.74, 6) is -11.3. The summed E-state index contributed by atoms with van der Waals surface area (Å²) < 4.78 is 91.9. The lowest BCUT2D eigenvalue weighted by Crippen LogP contribution is -2.52. The molecule has 95 heavy (non-hydrogen) atoms. The zero-order valence-electron chi connectivity index (χ0n) is 57.7. The van der Waals surface area contributed by atoms with Crippen LogP contribution in [-0.4, -0.2) is 186 Å². The molecule has 30 heteroatoms. The molecule has 0 atom stereocenters. The molecule has 0 amide bonds. The molecule has 4 fully saturated rings. The lowest BCUT2D eigenvalue weighted by molar-refractivity contribution is -0.394. The molecule has 4 aliphatic heterocycles. The van der Waals surface area contributed by atoms with E-state index in [0.29, 0.717) is 25.7 Å². The molecule has 536 valence electrons. The summed E-state index contributed by atoms with van der Waals surface area (Å²) >= 11 is 0. The van der Waals surface area contributed by atoms with Crippen LogP contribution in [0.3, 0.4) is 0 Å². The molecule has 1 aromatic rings. The van der Waals surface area contributed by atoms with Crippen LogP contribution in [0, 0.1) is 58.1 Å². The third kappa shape index (κ3) is 22.8. The topological polar surface area (TPSA) is 371 Å². The minimum absolute atomic E-state index is 0.00708. The molecule has 4 saturated heterocycles. The number of carbonyl (C=O) groups is 8. The predicted molar refractivity (Wildman–Crippen MR) is 329 cm³/mol. The maximum atomic E-state index is 14.7. The molecular formula is C65H98N2O28. The fourth-order valence-electron chi connectivity index (χ4n) is 9.30. The Labute approximate surface area is 553 Å². The van der Waals surface area contributed by atoms with Crippen molar-refractivity contribution in [2.75, 3.05) is 106 Å². The summed E-state index contributed by atoms with van der Waals surface area (Å²) in [6.45, 7) is 18.2. The molecule has 0 radical (unpaired) electrons. The first-order valence-corrected chi connectivity index (χ1v) is 31.9. The largest absolute Gasteiger partial charge is 0.465 e. The fraction of sp³-hybridized carbons (Fsp3) is 0.785. The molecule has 0 saturated carbocycles. The molecule has 0 aliphatic carbocycles. The van der Waals surface area contributed by atoms with Gasteiger partial charge in [-0.05, 0) is 117 Å². The van der Waals surface area contributed by atoms with Crippen LogP contribution in [0.5, 0.6) is 0 Å². The second kappa shape index (κ2) is 32.2. The molecule has 0 aromatic heterocycles. The van der Waals surface area contributed by atoms with E-state index < -0.39 is 170 Å². The highest BCUT2D eigenvalue weighted by molar-refractivity contribution is 5.91. The van der Waals surface area contributed by atoms with E-state index in [4.69, 9.17) is 75.8 Å². The van der Waals surface area contributed by atoms with Crippen molar-refractivity contribution in [3.05, 3.63) is 44.0 Å². The Hall–Kier alpha value is -6.54. The first-order valence-electron chi connectivity index (χ1n) is 31.9. The summed E-state index contributed by atoms with van der Waals surface area (Å²) in [5, 5.41) is 22.5. The number of non-ortho nitro benzene ring substituents is 2. The van der Waals surface area contributed by atoms with Crippen LogP contribution in [0.15, 0.2) is 18.2 Å². The molecule has 4 heterocycles. The summed E-state index contributed by atoms with van der Waals surface area (Å²) in [6, 6.07) is 2.59. The van der Waals surface area contributed by atoms with E-state index >= 15 is 0 Å². The first-order chi connectivity index (χ1) is 43.9. The van der Waals surface area contributed by atoms with Crippen LogP contribution >= 0.6 is 0 Å². The number of carbonyl (C=O) groups excluding carboxylic acids is 8. The van der Waals surface area contributed by atoms with Gasteiger partial charge in [-0.2, -0.15) is 0 Å². The number of hydrogen-bond acceptors (Lipinski definition) is 28. The first kappa shape index (κ1) is 79.2. The van der Waals surface area contributed by atoms with Crippen LogP contribution < -0.4 is 0 Å². The van der Waals surface area contributed by atoms with Gasteiger partial charge in [0.1, 0.15) is 77.5 Å². The van der Waals surface area contributed by atoms with Gasteiger partial charge in [-0.3, -0.25) is 53.8 Å². The maximum Gasteiger partial charge on any atom is 0.338 e. The maximum absolute atomic E-state index is 14.7. The highest BCUT2D eigenvalue weighted by atomic mass is 16.7. The highest BCUT2D eigenvalue weighted by Crippen LogP contribution is 2.38. The van der Waals surface area contributed by atoms with Crippen LogP contribution in [0.25, 0.3) is 0 Å². The Morgan fingerprint density at radius 2 is 0.579 bits per heavy atom. The van der Waals surface area contributed by atoms with Crippen molar-refractivity contribution in [3.63, 3.8) is 0 Å². The van der Waals surface area contributed by atoms with E-state index in [1.807, 2.05) is 0 Å². The number of unbranched alkanes of at least 4 members (excludes halogenated alkanes) is 8. The van der Waals surface area contributed by atoms with Gasteiger partial charge in [-0.25, -0.2) is 4.79 Å². The SMILES string of the molecule is CC1(C)OCC(C)(C(=O)OCC(C)(COC(=O)C2(C)COC(C)(C)OC2)C(=O)OCC(C)(COC(=O)C(C)(COC(=O)C2(C)COC(C)(C)OC2)COC(=O)C2(C)COC(C)(C)OC2)C(=O)OCCCCCCCCCCCOC(=O)c2cc([N+](=O)[O-])cc([N+](=O)[O-])c2)CO1. The van der Waals surface area contributed by atoms with Gasteiger partial charge >= 0.3 is 47.8 Å². The fourth-order valence-corrected chi connectivity index (χ4v) is 9.30. The summed E-state index contributed by atoms with van der Waals surface area (Å²) in [7, 11) is 0. The monoisotopic (exact) mass is 1350 g/mol. The van der Waals surface area contributed by atoms with Crippen molar-refractivity contribution in [1.82, 2.24) is 0 Å². The van der Waals surface area contributed by atoms with E-state index in [9.17, 15) is 58.6 Å². The van der Waals surface area contributed by atoms with Crippen LogP contribution in [0.2, 0.25) is 0 Å². The zero-order valence-corrected chi connectivity index (χ0v) is 57.7. The van der Waals surface area contributed by atoms with Crippen molar-refractivity contribution in [3.8, 4) is 0 Å². The summed E-state index contributed by atoms with van der Waals surface area (Å²) in [5.41, 5.74) is -12.8. The highest BCUT2D eigenvalue weighted by Gasteiger charge is 2.52. The van der Waals surface area contributed by atoms with Crippen LogP contribution in [0.4, 0.5) is 11.4 Å². The van der Waals surface area contributed by atoms with E-state index in [0.717, 1.165) is 50.3 Å². The molecule has 5 rings (SSSR count). The lowest BCUT2D eigenvalue weighted by Gasteiger charge is -2.41. The summed E-state index contributed by atoms with van der Waals surface area (Å²) in [6.07, 6.45) is 6.27. The molecule has 1 aromatic carbocycles. The van der Waals surface area contributed by atoms with Gasteiger partial charge in [0.15, 0.2) is 23.1 Å². The van der Waals surface area contributed by atoms with Crippen molar-refractivity contribution >= 4 is 59.1 Å². The minimum atomic E-state index is -2.02. The number of nitrogens with zero attached hydrogens (tertiary/aromatic N) is 2. The Morgan fingerprint density at radius 3 is 0.832 bits per heavy atom. The smallest absolute Gasteiger partial charge is 0.338 e. The average Bonchev–Trinajstić information content (AvgIpc) is 0.828. The number of nitro benzene ring substituents is 2. The van der Waals surface area contributed by atoms with Crippen molar-refractivity contribution in [2.24, 2.45) is 37.9 Å². The number of esters is 8. The van der Waals surface area contributed by atoms with E-state index in [-0.39, 0.29) is 71.6 Å². The average molecular weight is 1360 g/mol. The Bertz CT molecular complexity index is 2620. The second-order valence-electron chi connectivity index (χ2n) is 29.0. The molecule has 0 spiro atoms. The van der Waals surface area contributed by atoms with Gasteiger partial charge < -0.3 is 75.8 Å². The van der Waals surface area contributed by atoms with Crippen molar-refractivity contribution in [2.45, 2.75) is 185 Å². The van der Waals surface area contributed by atoms with E-state index in [1.54, 1.807) is 83.1 Å². The number of rotatable bonds is 34. The zero-order chi connectivity index (χ0) is 71.1. The minimum Gasteiger partial charge on any atom is -0.465 e. The quantitative estimate of drug-likeness (QED) is 0.0206. The van der Waals surface area contributed by atoms with Gasteiger partial charge in [-0.1, -0.05) is 44.9 Å². The normalized spacial score (nSPS) is 19.9. The summed E-state index contributed by atoms with van der Waals surface area (Å²) in [4.78, 5) is 132. The number of hydrogen-bond donors (Lipinski definition) is 0. The van der Waals surface area contributed by atoms with Gasteiger partial charge in [0.05, 0.1) is 87.5 Å². The second-order valence-corrected chi connectivity index (χ2v) is 29.0. The molecular weight excluding hydrogens is 1260 g/mol. The van der Waals surface area contributed by atoms with Crippen LogP contribution in [-0.2, 0) is 109 Å². The molecule has 30 nitrogen and oxygen atoms in total. The predicted octanol–water partition coefficient (Wildman–Crippen LogP) is 8.15. The lowest BCUT2D eigenvalue weighted by atomic mass is 9.89. The number of ether oxygens (including phenoxy) is 16. The van der Waals surface area contributed by atoms with Gasteiger partial charge in [0.25, 0.3) is 11.4 Å². The number of benzene rings is 1. The van der Waals surface area contributed by atoms with Gasteiger partial charge in [-0.15, -0.1) is 0 Å². The molecule has 4 aliphatic rings. The molecule has 0 N–H and O–H groups in total. The standard InChI is InChI=1S/C65H98N2O28/c1-55(2)88-36-62(12,37-89-55)51(72)84-32-60(10,33-85-52(73)63(13)38-90-56(3,4)91-39-63)49(70)82-30-59(9,48(69)81-26-24-22-20-18-16-17-19-21-23-25-80-47(68)44-27-45(66(76)77)29-46(28-44)67(78)79)31-83-50(71)61(11,34-86-53(74)64(14)40-92-57(5,6)93-41-64)35-87-54(75)65(15)42-94-58(7,8)95-43-65/h27-29H,16-26,30-43H2,1-15H3. The Morgan fingerprint density at radius 1 is 0.358 bits per heavy atom. The van der Waals surface area contributed by atoms with Gasteiger partial charge in [0, 0.05) is 12.1 Å². The van der Waals surface area contributed by atoms with Crippen molar-refractivity contribution < 1.29 is 124 Å². The van der Waals surface area contributed by atoms with Crippen LogP contribution in [0.1, 0.15) is 172 Å².